The molecule has 138 valence electrons. The maximum atomic E-state index is 12.2. The summed E-state index contributed by atoms with van der Waals surface area (Å²) >= 11 is 2.69. The predicted molar refractivity (Wildman–Crippen MR) is 101 cm³/mol. The zero-order valence-electron chi connectivity index (χ0n) is 14.2. The van der Waals surface area contributed by atoms with Gasteiger partial charge < -0.3 is 10.4 Å². The van der Waals surface area contributed by atoms with Gasteiger partial charge in [0.1, 0.15) is 5.01 Å². The Kier molecular flexibility index (Phi) is 7.10. The highest BCUT2D eigenvalue weighted by Gasteiger charge is 2.16. The SMILES string of the molecule is Cc1nnc(NC(=O)C(C)Sc2ccc(NC(=O)CCC(=O)O)cc2)s1. The number of nitrogens with zero attached hydrogens (tertiary/aromatic N) is 2. The third kappa shape index (κ3) is 6.45. The molecule has 0 saturated heterocycles. The molecule has 0 aliphatic heterocycles. The summed E-state index contributed by atoms with van der Waals surface area (Å²) in [4.78, 5) is 35.1. The number of hydrogen-bond acceptors (Lipinski definition) is 7. The van der Waals surface area contributed by atoms with Gasteiger partial charge in [0.2, 0.25) is 16.9 Å². The molecule has 0 aliphatic carbocycles. The fourth-order valence-corrected chi connectivity index (χ4v) is 3.33. The lowest BCUT2D eigenvalue weighted by Crippen LogP contribution is -2.22. The van der Waals surface area contributed by atoms with Crippen LogP contribution in [0.1, 0.15) is 24.8 Å². The molecule has 0 spiro atoms. The Labute approximate surface area is 158 Å². The lowest BCUT2D eigenvalue weighted by atomic mass is 10.2. The van der Waals surface area contributed by atoms with Crippen molar-refractivity contribution in [1.82, 2.24) is 10.2 Å². The van der Waals surface area contributed by atoms with E-state index < -0.39 is 5.97 Å². The van der Waals surface area contributed by atoms with Crippen LogP contribution >= 0.6 is 23.1 Å². The zero-order chi connectivity index (χ0) is 19.1. The van der Waals surface area contributed by atoms with Gasteiger partial charge in [-0.3, -0.25) is 19.7 Å². The van der Waals surface area contributed by atoms with E-state index in [1.54, 1.807) is 31.2 Å². The summed E-state index contributed by atoms with van der Waals surface area (Å²) in [6.07, 6.45) is -0.283. The summed E-state index contributed by atoms with van der Waals surface area (Å²) in [6.45, 7) is 3.60. The molecule has 2 aromatic rings. The number of carbonyl (C=O) groups excluding carboxylic acids is 2. The number of nitrogens with one attached hydrogen (secondary N) is 2. The molecule has 8 nitrogen and oxygen atoms in total. The number of amides is 2. The molecule has 26 heavy (non-hydrogen) atoms. The van der Waals surface area contributed by atoms with Gasteiger partial charge in [-0.25, -0.2) is 0 Å². The molecule has 1 aromatic heterocycles. The minimum atomic E-state index is -1.01. The normalized spacial score (nSPS) is 11.6. The van der Waals surface area contributed by atoms with Crippen molar-refractivity contribution in [3.63, 3.8) is 0 Å². The van der Waals surface area contributed by atoms with Crippen LogP contribution in [-0.2, 0) is 14.4 Å². The van der Waals surface area contributed by atoms with Crippen LogP contribution in [0.25, 0.3) is 0 Å². The van der Waals surface area contributed by atoms with E-state index in [1.165, 1.54) is 23.1 Å². The van der Waals surface area contributed by atoms with Crippen LogP contribution in [0.15, 0.2) is 29.2 Å². The summed E-state index contributed by atoms with van der Waals surface area (Å²) in [7, 11) is 0. The van der Waals surface area contributed by atoms with Gasteiger partial charge in [0.25, 0.3) is 0 Å². The summed E-state index contributed by atoms with van der Waals surface area (Å²) in [5.41, 5.74) is 0.575. The molecule has 0 bridgehead atoms. The Bertz CT molecular complexity index is 792. The van der Waals surface area contributed by atoms with Crippen LogP contribution in [0.5, 0.6) is 0 Å². The lowest BCUT2D eigenvalue weighted by Gasteiger charge is -2.11. The van der Waals surface area contributed by atoms with Gasteiger partial charge in [0.15, 0.2) is 0 Å². The van der Waals surface area contributed by atoms with Crippen molar-refractivity contribution in [1.29, 1.82) is 0 Å². The average Bonchev–Trinajstić information content (AvgIpc) is 2.99. The third-order valence-electron chi connectivity index (χ3n) is 3.14. The first kappa shape index (κ1) is 19.9. The second-order valence-electron chi connectivity index (χ2n) is 5.34. The van der Waals surface area contributed by atoms with Crippen LogP contribution in [0.4, 0.5) is 10.8 Å². The summed E-state index contributed by atoms with van der Waals surface area (Å²) in [6, 6.07) is 6.99. The fraction of sp³-hybridized carbons (Fsp3) is 0.312. The van der Waals surface area contributed by atoms with E-state index in [0.29, 0.717) is 10.8 Å². The predicted octanol–water partition coefficient (Wildman–Crippen LogP) is 2.77. The maximum absolute atomic E-state index is 12.2. The van der Waals surface area contributed by atoms with Crippen LogP contribution in [0.2, 0.25) is 0 Å². The van der Waals surface area contributed by atoms with Gasteiger partial charge in [-0.1, -0.05) is 11.3 Å². The first-order valence-electron chi connectivity index (χ1n) is 7.73. The number of aliphatic carboxylic acids is 1. The number of anilines is 2. The van der Waals surface area contributed by atoms with Crippen LogP contribution in [-0.4, -0.2) is 38.3 Å². The van der Waals surface area contributed by atoms with Crippen LogP contribution < -0.4 is 10.6 Å². The molecule has 2 rings (SSSR count). The van der Waals surface area contributed by atoms with Crippen molar-refractivity contribution < 1.29 is 19.5 Å². The molecule has 3 N–H and O–H groups in total. The number of carboxylic acids is 1. The van der Waals surface area contributed by atoms with Crippen molar-refractivity contribution in [2.45, 2.75) is 36.8 Å². The Hall–Kier alpha value is -2.46. The number of carboxylic acid groups (broad SMARTS) is 1. The quantitative estimate of drug-likeness (QED) is 0.589. The van der Waals surface area contributed by atoms with Crippen molar-refractivity contribution in [2.24, 2.45) is 0 Å². The highest BCUT2D eigenvalue weighted by molar-refractivity contribution is 8.00. The molecular weight excluding hydrogens is 376 g/mol. The van der Waals surface area contributed by atoms with E-state index in [2.05, 4.69) is 20.8 Å². The Morgan fingerprint density at radius 2 is 1.85 bits per heavy atom. The van der Waals surface area contributed by atoms with Gasteiger partial charge >= 0.3 is 5.97 Å². The van der Waals surface area contributed by atoms with Gasteiger partial charge in [0, 0.05) is 17.0 Å². The Morgan fingerprint density at radius 1 is 1.15 bits per heavy atom. The fourth-order valence-electron chi connectivity index (χ4n) is 1.87. The standard InChI is InChI=1S/C16H18N4O4S2/c1-9(15(24)18-16-20-19-10(2)26-16)25-12-5-3-11(4-6-12)17-13(21)7-8-14(22)23/h3-6,9H,7-8H2,1-2H3,(H,17,21)(H,22,23)(H,18,20,24). The molecule has 0 fully saturated rings. The topological polar surface area (TPSA) is 121 Å². The number of rotatable bonds is 8. The van der Waals surface area contributed by atoms with Gasteiger partial charge in [-0.05, 0) is 38.1 Å². The first-order chi connectivity index (χ1) is 12.3. The number of aromatic nitrogens is 2. The van der Waals surface area contributed by atoms with E-state index in [9.17, 15) is 14.4 Å². The molecule has 1 aromatic carbocycles. The third-order valence-corrected chi connectivity index (χ3v) is 5.01. The van der Waals surface area contributed by atoms with Crippen LogP contribution in [0, 0.1) is 6.92 Å². The van der Waals surface area contributed by atoms with Crippen molar-refractivity contribution in [3.05, 3.63) is 29.3 Å². The summed E-state index contributed by atoms with van der Waals surface area (Å²) in [5.74, 6) is -1.53. The number of benzene rings is 1. The molecule has 1 heterocycles. The summed E-state index contributed by atoms with van der Waals surface area (Å²) < 4.78 is 0. The van der Waals surface area contributed by atoms with Gasteiger partial charge in [0.05, 0.1) is 11.7 Å². The minimum absolute atomic E-state index is 0.0753. The number of hydrogen-bond donors (Lipinski definition) is 3. The van der Waals surface area contributed by atoms with Crippen LogP contribution in [0.3, 0.4) is 0 Å². The smallest absolute Gasteiger partial charge is 0.303 e. The number of thioether (sulfide) groups is 1. The van der Waals surface area contributed by atoms with E-state index in [0.717, 1.165) is 9.90 Å². The Morgan fingerprint density at radius 3 is 2.42 bits per heavy atom. The molecular formula is C16H18N4O4S2. The average molecular weight is 394 g/mol. The van der Waals surface area contributed by atoms with E-state index >= 15 is 0 Å². The highest BCUT2D eigenvalue weighted by atomic mass is 32.2. The first-order valence-corrected chi connectivity index (χ1v) is 9.42. The number of aryl methyl sites for hydroxylation is 1. The Balaban J connectivity index is 1.84. The van der Waals surface area contributed by atoms with E-state index in [-0.39, 0.29) is 29.9 Å². The zero-order valence-corrected chi connectivity index (χ0v) is 15.8. The second kappa shape index (κ2) is 9.30. The lowest BCUT2D eigenvalue weighted by molar-refractivity contribution is -0.138. The monoisotopic (exact) mass is 394 g/mol. The van der Waals surface area contributed by atoms with Gasteiger partial charge in [-0.15, -0.1) is 22.0 Å². The van der Waals surface area contributed by atoms with E-state index in [1.807, 2.05) is 6.92 Å². The maximum Gasteiger partial charge on any atom is 0.303 e. The van der Waals surface area contributed by atoms with Crippen molar-refractivity contribution in [3.8, 4) is 0 Å². The molecule has 10 heteroatoms. The second-order valence-corrected chi connectivity index (χ2v) is 7.94. The molecule has 1 atom stereocenters. The van der Waals surface area contributed by atoms with Crippen molar-refractivity contribution >= 4 is 51.7 Å². The molecule has 0 saturated carbocycles. The largest absolute Gasteiger partial charge is 0.481 e. The summed E-state index contributed by atoms with van der Waals surface area (Å²) in [5, 5.41) is 22.5. The molecule has 2 amide bonds. The van der Waals surface area contributed by atoms with Crippen molar-refractivity contribution in [2.75, 3.05) is 10.6 Å². The number of carbonyl (C=O) groups is 3. The highest BCUT2D eigenvalue weighted by Crippen LogP contribution is 2.26. The minimum Gasteiger partial charge on any atom is -0.481 e. The van der Waals surface area contributed by atoms with Gasteiger partial charge in [-0.2, -0.15) is 0 Å². The molecule has 1 unspecified atom stereocenters. The molecule has 0 aliphatic rings. The van der Waals surface area contributed by atoms with E-state index in [4.69, 9.17) is 5.11 Å². The molecule has 0 radical (unpaired) electrons.